The normalized spacial score (nSPS) is 24.8. The van der Waals surface area contributed by atoms with Crippen molar-refractivity contribution in [2.45, 2.75) is 43.5 Å². The molecule has 5 amide bonds. The second-order valence-electron chi connectivity index (χ2n) is 8.47. The second-order valence-corrected chi connectivity index (χ2v) is 9.81. The van der Waals surface area contributed by atoms with E-state index < -0.39 is 35.1 Å². The lowest BCUT2D eigenvalue weighted by Gasteiger charge is -2.38. The van der Waals surface area contributed by atoms with E-state index in [-0.39, 0.29) is 31.7 Å². The summed E-state index contributed by atoms with van der Waals surface area (Å²) < 4.78 is 0. The Bertz CT molecular complexity index is 1110. The molecule has 4 rings (SSSR count). The number of nitrogens with zero attached hydrogens (tertiary/aromatic N) is 1. The molecular weight excluding hydrogens is 442 g/mol. The van der Waals surface area contributed by atoms with E-state index >= 15 is 0 Å². The van der Waals surface area contributed by atoms with Gasteiger partial charge < -0.3 is 5.32 Å². The van der Waals surface area contributed by atoms with Gasteiger partial charge in [-0.1, -0.05) is 19.1 Å². The highest BCUT2D eigenvalue weighted by Crippen LogP contribution is 2.39. The smallest absolute Gasteiger partial charge is 0.258 e. The van der Waals surface area contributed by atoms with E-state index in [0.29, 0.717) is 11.1 Å². The molecule has 0 spiro atoms. The summed E-state index contributed by atoms with van der Waals surface area (Å²) >= 11 is 1.70. The Kier molecular flexibility index (Phi) is 6.25. The third kappa shape index (κ3) is 4.25. The van der Waals surface area contributed by atoms with Crippen LogP contribution in [0.4, 0.5) is 0 Å². The summed E-state index contributed by atoms with van der Waals surface area (Å²) in [7, 11) is 0. The van der Waals surface area contributed by atoms with Crippen LogP contribution in [0.2, 0.25) is 0 Å². The van der Waals surface area contributed by atoms with Crippen molar-refractivity contribution >= 4 is 41.3 Å². The van der Waals surface area contributed by atoms with E-state index in [9.17, 15) is 24.0 Å². The minimum atomic E-state index is -1.39. The van der Waals surface area contributed by atoms with Gasteiger partial charge in [-0.15, -0.1) is 11.8 Å². The lowest BCUT2D eigenvalue weighted by atomic mass is 9.88. The van der Waals surface area contributed by atoms with Gasteiger partial charge in [-0.3, -0.25) is 34.2 Å². The number of thioether (sulfide) groups is 1. The van der Waals surface area contributed by atoms with E-state index in [2.05, 4.69) is 17.6 Å². The van der Waals surface area contributed by atoms with Crippen molar-refractivity contribution in [3.63, 3.8) is 0 Å². The summed E-state index contributed by atoms with van der Waals surface area (Å²) in [6.07, 6.45) is 3.80. The predicted molar refractivity (Wildman–Crippen MR) is 122 cm³/mol. The molecular formula is C24H25N3O5S. The van der Waals surface area contributed by atoms with E-state index in [1.54, 1.807) is 36.0 Å². The second kappa shape index (κ2) is 8.97. The number of benzene rings is 1. The summed E-state index contributed by atoms with van der Waals surface area (Å²) in [6, 6.07) is 7.37. The van der Waals surface area contributed by atoms with E-state index in [1.165, 1.54) is 6.92 Å². The number of nitrogens with one attached hydrogen (secondary N) is 2. The van der Waals surface area contributed by atoms with Crippen LogP contribution in [0.5, 0.6) is 0 Å². The maximum absolute atomic E-state index is 13.2. The van der Waals surface area contributed by atoms with Crippen LogP contribution >= 0.6 is 11.8 Å². The monoisotopic (exact) mass is 467 g/mol. The number of allylic oxidation sites excluding steroid dienone is 2. The molecule has 1 aromatic rings. The minimum Gasteiger partial charge on any atom is -0.348 e. The van der Waals surface area contributed by atoms with Crippen LogP contribution < -0.4 is 10.6 Å². The largest absolute Gasteiger partial charge is 0.348 e. The Hall–Kier alpha value is -3.20. The van der Waals surface area contributed by atoms with Crippen LogP contribution in [0, 0.1) is 5.92 Å². The number of rotatable bonds is 6. The molecule has 2 aliphatic heterocycles. The zero-order chi connectivity index (χ0) is 23.8. The molecule has 0 aromatic heterocycles. The van der Waals surface area contributed by atoms with Crippen LogP contribution in [-0.2, 0) is 19.2 Å². The molecule has 0 saturated carbocycles. The third-order valence-electron chi connectivity index (χ3n) is 6.29. The highest BCUT2D eigenvalue weighted by Gasteiger charge is 2.55. The molecule has 2 heterocycles. The van der Waals surface area contributed by atoms with Gasteiger partial charge in [0.05, 0.1) is 5.92 Å². The summed E-state index contributed by atoms with van der Waals surface area (Å²) in [5.41, 5.74) is 0.306. The molecule has 8 nitrogen and oxygen atoms in total. The van der Waals surface area contributed by atoms with E-state index in [4.69, 9.17) is 0 Å². The molecule has 1 aliphatic carbocycles. The average Bonchev–Trinajstić information content (AvgIpc) is 3.05. The molecule has 1 aromatic carbocycles. The maximum Gasteiger partial charge on any atom is 0.258 e. The lowest BCUT2D eigenvalue weighted by Crippen LogP contribution is -2.62. The number of amides is 5. The van der Waals surface area contributed by atoms with E-state index in [0.717, 1.165) is 21.1 Å². The molecule has 0 bridgehead atoms. The van der Waals surface area contributed by atoms with Crippen molar-refractivity contribution in [1.82, 2.24) is 15.5 Å². The van der Waals surface area contributed by atoms with Gasteiger partial charge in [-0.05, 0) is 55.4 Å². The summed E-state index contributed by atoms with van der Waals surface area (Å²) in [4.78, 5) is 64.8. The summed E-state index contributed by atoms with van der Waals surface area (Å²) in [5, 5.41) is 5.10. The first-order chi connectivity index (χ1) is 15.7. The van der Waals surface area contributed by atoms with Crippen molar-refractivity contribution in [2.75, 3.05) is 12.3 Å². The number of likely N-dealkylation sites (tertiary alicyclic amines) is 1. The maximum atomic E-state index is 13.2. The quantitative estimate of drug-likeness (QED) is 0.489. The van der Waals surface area contributed by atoms with Crippen molar-refractivity contribution in [3.05, 3.63) is 53.1 Å². The highest BCUT2D eigenvalue weighted by atomic mass is 32.2. The van der Waals surface area contributed by atoms with E-state index in [1.807, 2.05) is 12.1 Å². The van der Waals surface area contributed by atoms with Gasteiger partial charge in [0.2, 0.25) is 11.8 Å². The topological polar surface area (TPSA) is 113 Å². The molecule has 2 saturated heterocycles. The average molecular weight is 468 g/mol. The first-order valence-electron chi connectivity index (χ1n) is 10.9. The van der Waals surface area contributed by atoms with Crippen molar-refractivity contribution in [3.8, 4) is 0 Å². The Morgan fingerprint density at radius 3 is 2.58 bits per heavy atom. The van der Waals surface area contributed by atoms with Gasteiger partial charge >= 0.3 is 0 Å². The first-order valence-corrected chi connectivity index (χ1v) is 11.9. The molecule has 33 heavy (non-hydrogen) atoms. The van der Waals surface area contributed by atoms with Gasteiger partial charge in [0.25, 0.3) is 17.7 Å². The van der Waals surface area contributed by atoms with Crippen LogP contribution in [0.1, 0.15) is 43.5 Å². The fourth-order valence-electron chi connectivity index (χ4n) is 4.36. The standard InChI is InChI=1S/C24H25N3O5S/c1-3-33-16-7-5-15(6-8-16)20(29)25-13-14-4-9-17-18(12-14)22(31)27(21(17)30)24(2)11-10-19(28)26-23(24)32/h4-9,18H,3,10-13H2,1-2H3,(H,25,29)(H,26,28,32)/t18?,24-/m0/s1. The number of carbonyl (C=O) groups is 5. The van der Waals surface area contributed by atoms with Gasteiger partial charge in [-0.25, -0.2) is 0 Å². The molecule has 0 radical (unpaired) electrons. The first kappa shape index (κ1) is 23.0. The number of carbonyl (C=O) groups excluding carboxylic acids is 5. The van der Waals surface area contributed by atoms with Crippen LogP contribution in [0.15, 0.2) is 52.5 Å². The fourth-order valence-corrected chi connectivity index (χ4v) is 5.02. The number of fused-ring (bicyclic) bond motifs is 1. The van der Waals surface area contributed by atoms with Gasteiger partial charge in [0.1, 0.15) is 5.54 Å². The Morgan fingerprint density at radius 1 is 1.18 bits per heavy atom. The SMILES string of the molecule is CCSc1ccc(C(=O)NCC2=CC=C3C(=O)N([C@@]4(C)CCC(=O)NC4=O)C(=O)C3C2)cc1. The molecule has 3 aliphatic rings. The van der Waals surface area contributed by atoms with Gasteiger partial charge in [0, 0.05) is 29.0 Å². The number of piperidine rings is 1. The number of hydrogen-bond acceptors (Lipinski definition) is 6. The minimum absolute atomic E-state index is 0.0661. The summed E-state index contributed by atoms with van der Waals surface area (Å²) in [5.74, 6) is -1.94. The molecule has 9 heteroatoms. The zero-order valence-corrected chi connectivity index (χ0v) is 19.3. The predicted octanol–water partition coefficient (Wildman–Crippen LogP) is 1.97. The fraction of sp³-hybridized carbons (Fsp3) is 0.375. The van der Waals surface area contributed by atoms with Crippen LogP contribution in [-0.4, -0.2) is 52.3 Å². The van der Waals surface area contributed by atoms with Gasteiger partial charge in [-0.2, -0.15) is 0 Å². The molecule has 2 N–H and O–H groups in total. The highest BCUT2D eigenvalue weighted by molar-refractivity contribution is 7.99. The molecule has 2 atom stereocenters. The van der Waals surface area contributed by atoms with Crippen LogP contribution in [0.25, 0.3) is 0 Å². The van der Waals surface area contributed by atoms with Crippen molar-refractivity contribution in [2.24, 2.45) is 5.92 Å². The summed E-state index contributed by atoms with van der Waals surface area (Å²) in [6.45, 7) is 3.83. The van der Waals surface area contributed by atoms with Gasteiger partial charge in [0.15, 0.2) is 0 Å². The molecule has 2 fully saturated rings. The van der Waals surface area contributed by atoms with Crippen LogP contribution in [0.3, 0.4) is 0 Å². The zero-order valence-electron chi connectivity index (χ0n) is 18.5. The van der Waals surface area contributed by atoms with Crippen molar-refractivity contribution in [1.29, 1.82) is 0 Å². The molecule has 172 valence electrons. The Morgan fingerprint density at radius 2 is 1.91 bits per heavy atom. The number of imide groups is 2. The lowest BCUT2D eigenvalue weighted by molar-refractivity contribution is -0.157. The molecule has 1 unspecified atom stereocenters. The third-order valence-corrected chi connectivity index (χ3v) is 7.18. The number of hydrogen-bond donors (Lipinski definition) is 2. The van der Waals surface area contributed by atoms with Crippen molar-refractivity contribution < 1.29 is 24.0 Å². The Balaban J connectivity index is 1.41. The Labute approximate surface area is 195 Å².